The van der Waals surface area contributed by atoms with Crippen molar-refractivity contribution in [3.63, 3.8) is 0 Å². The second-order valence-corrected chi connectivity index (χ2v) is 3.89. The lowest BCUT2D eigenvalue weighted by Gasteiger charge is -2.04. The van der Waals surface area contributed by atoms with E-state index in [1.54, 1.807) is 0 Å². The van der Waals surface area contributed by atoms with Crippen LogP contribution in [0, 0.1) is 0 Å². The van der Waals surface area contributed by atoms with Crippen LogP contribution in [0.3, 0.4) is 0 Å². The van der Waals surface area contributed by atoms with Crippen LogP contribution < -0.4 is 10.2 Å². The Morgan fingerprint density at radius 2 is 2.12 bits per heavy atom. The number of methoxy groups -OCH3 is 1. The highest BCUT2D eigenvalue weighted by atomic mass is 16.5. The molecule has 0 aliphatic heterocycles. The quantitative estimate of drug-likeness (QED) is 0.655. The van der Waals surface area contributed by atoms with Crippen LogP contribution in [0.4, 0.5) is 0 Å². The van der Waals surface area contributed by atoms with Gasteiger partial charge in [-0.25, -0.2) is 0 Å². The maximum atomic E-state index is 11.4. The molecule has 0 aliphatic carbocycles. The molecule has 17 heavy (non-hydrogen) atoms. The van der Waals surface area contributed by atoms with Crippen molar-refractivity contribution in [3.8, 4) is 5.75 Å². The first-order valence-electron chi connectivity index (χ1n) is 6.01. The van der Waals surface area contributed by atoms with Gasteiger partial charge in [0.05, 0.1) is 7.11 Å². The lowest BCUT2D eigenvalue weighted by molar-refractivity contribution is 0.101. The van der Waals surface area contributed by atoms with E-state index in [9.17, 15) is 4.79 Å². The fourth-order valence-electron chi connectivity index (χ4n) is 1.47. The standard InChI is InChI=1S/C13H20O4/c1-3-4-5-6-7-16-9-11-8-12(14)13(15-2)10-17-11/h8,10H,3-7,9H2,1-2H3. The van der Waals surface area contributed by atoms with Crippen molar-refractivity contribution in [2.45, 2.75) is 39.2 Å². The average molecular weight is 240 g/mol. The minimum atomic E-state index is -0.177. The minimum absolute atomic E-state index is 0.177. The smallest absolute Gasteiger partial charge is 0.227 e. The average Bonchev–Trinajstić information content (AvgIpc) is 2.34. The largest absolute Gasteiger partial charge is 0.490 e. The molecule has 0 amide bonds. The third-order valence-electron chi connectivity index (χ3n) is 2.46. The van der Waals surface area contributed by atoms with Crippen molar-refractivity contribution in [1.29, 1.82) is 0 Å². The van der Waals surface area contributed by atoms with Crippen molar-refractivity contribution in [3.05, 3.63) is 28.3 Å². The van der Waals surface area contributed by atoms with Gasteiger partial charge in [0.25, 0.3) is 0 Å². The van der Waals surface area contributed by atoms with Gasteiger partial charge in [-0.1, -0.05) is 26.2 Å². The highest BCUT2D eigenvalue weighted by molar-refractivity contribution is 5.16. The normalized spacial score (nSPS) is 10.5. The number of unbranched alkanes of at least 4 members (excludes halogenated alkanes) is 3. The fraction of sp³-hybridized carbons (Fsp3) is 0.615. The Kier molecular flexibility index (Phi) is 6.40. The highest BCUT2D eigenvalue weighted by Crippen LogP contribution is 2.07. The van der Waals surface area contributed by atoms with Crippen molar-refractivity contribution < 1.29 is 13.9 Å². The lowest BCUT2D eigenvalue weighted by Crippen LogP contribution is -2.06. The van der Waals surface area contributed by atoms with E-state index >= 15 is 0 Å². The molecule has 0 aromatic carbocycles. The second kappa shape index (κ2) is 7.90. The number of ether oxygens (including phenoxy) is 2. The molecule has 1 aromatic rings. The summed E-state index contributed by atoms with van der Waals surface area (Å²) in [6.07, 6.45) is 6.00. The third-order valence-corrected chi connectivity index (χ3v) is 2.46. The predicted octanol–water partition coefficient (Wildman–Crippen LogP) is 2.75. The number of hydrogen-bond acceptors (Lipinski definition) is 4. The van der Waals surface area contributed by atoms with Crippen LogP contribution in [0.25, 0.3) is 0 Å². The van der Waals surface area contributed by atoms with Gasteiger partial charge in [-0.15, -0.1) is 0 Å². The minimum Gasteiger partial charge on any atom is -0.490 e. The first-order valence-corrected chi connectivity index (χ1v) is 6.01. The number of rotatable bonds is 8. The fourth-order valence-corrected chi connectivity index (χ4v) is 1.47. The molecule has 0 N–H and O–H groups in total. The van der Waals surface area contributed by atoms with Crippen molar-refractivity contribution in [2.75, 3.05) is 13.7 Å². The first-order chi connectivity index (χ1) is 8.27. The monoisotopic (exact) mass is 240 g/mol. The summed E-state index contributed by atoms with van der Waals surface area (Å²) in [6, 6.07) is 1.41. The van der Waals surface area contributed by atoms with E-state index in [1.165, 1.54) is 38.7 Å². The van der Waals surface area contributed by atoms with Crippen LogP contribution in [0.1, 0.15) is 38.4 Å². The van der Waals surface area contributed by atoms with Crippen LogP contribution in [0.2, 0.25) is 0 Å². The van der Waals surface area contributed by atoms with E-state index in [0.29, 0.717) is 19.0 Å². The molecule has 0 bridgehead atoms. The summed E-state index contributed by atoms with van der Waals surface area (Å²) in [4.78, 5) is 11.4. The van der Waals surface area contributed by atoms with Crippen molar-refractivity contribution in [2.24, 2.45) is 0 Å². The van der Waals surface area contributed by atoms with E-state index in [1.807, 2.05) is 0 Å². The van der Waals surface area contributed by atoms with Crippen molar-refractivity contribution >= 4 is 0 Å². The molecule has 0 aliphatic rings. The first kappa shape index (κ1) is 13.8. The lowest BCUT2D eigenvalue weighted by atomic mass is 10.2. The molecule has 4 heteroatoms. The van der Waals surface area contributed by atoms with E-state index < -0.39 is 0 Å². The molecular weight excluding hydrogens is 220 g/mol. The van der Waals surface area contributed by atoms with Gasteiger partial charge >= 0.3 is 0 Å². The molecule has 0 atom stereocenters. The van der Waals surface area contributed by atoms with Crippen LogP contribution >= 0.6 is 0 Å². The summed E-state index contributed by atoms with van der Waals surface area (Å²) < 4.78 is 15.5. The SMILES string of the molecule is CCCCCCOCc1cc(=O)c(OC)co1. The van der Waals surface area contributed by atoms with Gasteiger partial charge in [0.1, 0.15) is 18.6 Å². The van der Waals surface area contributed by atoms with Crippen LogP contribution in [0.15, 0.2) is 21.5 Å². The molecule has 0 unspecified atom stereocenters. The molecule has 0 saturated heterocycles. The Hall–Kier alpha value is -1.29. The zero-order valence-corrected chi connectivity index (χ0v) is 10.5. The Bertz CT molecular complexity index is 370. The Balaban J connectivity index is 2.28. The maximum Gasteiger partial charge on any atom is 0.227 e. The molecule has 1 aromatic heterocycles. The van der Waals surface area contributed by atoms with E-state index in [4.69, 9.17) is 13.9 Å². The summed E-state index contributed by atoms with van der Waals surface area (Å²) in [6.45, 7) is 3.22. The third kappa shape index (κ3) is 5.04. The molecule has 1 rings (SSSR count). The molecule has 0 radical (unpaired) electrons. The Labute approximate surface area is 102 Å². The molecule has 0 saturated carbocycles. The molecule has 0 spiro atoms. The topological polar surface area (TPSA) is 48.7 Å². The number of hydrogen-bond donors (Lipinski definition) is 0. The van der Waals surface area contributed by atoms with Gasteiger partial charge < -0.3 is 13.9 Å². The Morgan fingerprint density at radius 1 is 1.29 bits per heavy atom. The van der Waals surface area contributed by atoms with Gasteiger partial charge in [0, 0.05) is 12.7 Å². The molecule has 1 heterocycles. The second-order valence-electron chi connectivity index (χ2n) is 3.89. The molecule has 0 fully saturated rings. The molecule has 96 valence electrons. The summed E-state index contributed by atoms with van der Waals surface area (Å²) in [7, 11) is 1.44. The van der Waals surface area contributed by atoms with E-state index in [2.05, 4.69) is 6.92 Å². The van der Waals surface area contributed by atoms with Crippen LogP contribution in [-0.2, 0) is 11.3 Å². The van der Waals surface area contributed by atoms with Gasteiger partial charge in [0.2, 0.25) is 11.2 Å². The Morgan fingerprint density at radius 3 is 2.76 bits per heavy atom. The summed E-state index contributed by atoms with van der Waals surface area (Å²) in [5.74, 6) is 0.753. The zero-order valence-electron chi connectivity index (χ0n) is 10.5. The molecule has 4 nitrogen and oxygen atoms in total. The van der Waals surface area contributed by atoms with E-state index in [0.717, 1.165) is 6.42 Å². The van der Waals surface area contributed by atoms with Gasteiger partial charge in [-0.05, 0) is 6.42 Å². The zero-order chi connectivity index (χ0) is 12.5. The highest BCUT2D eigenvalue weighted by Gasteiger charge is 2.03. The van der Waals surface area contributed by atoms with Crippen molar-refractivity contribution in [1.82, 2.24) is 0 Å². The summed E-state index contributed by atoms with van der Waals surface area (Å²) in [5.41, 5.74) is -0.177. The van der Waals surface area contributed by atoms with Gasteiger partial charge in [-0.3, -0.25) is 4.79 Å². The maximum absolute atomic E-state index is 11.4. The molecular formula is C13H20O4. The van der Waals surface area contributed by atoms with Crippen LogP contribution in [0.5, 0.6) is 5.75 Å². The summed E-state index contributed by atoms with van der Waals surface area (Å²) >= 11 is 0. The van der Waals surface area contributed by atoms with Gasteiger partial charge in [0.15, 0.2) is 0 Å². The van der Waals surface area contributed by atoms with Gasteiger partial charge in [-0.2, -0.15) is 0 Å². The summed E-state index contributed by atoms with van der Waals surface area (Å²) in [5, 5.41) is 0. The van der Waals surface area contributed by atoms with E-state index in [-0.39, 0.29) is 11.2 Å². The van der Waals surface area contributed by atoms with Crippen LogP contribution in [-0.4, -0.2) is 13.7 Å². The predicted molar refractivity (Wildman–Crippen MR) is 65.3 cm³/mol.